The summed E-state index contributed by atoms with van der Waals surface area (Å²) in [7, 11) is 0. The molecule has 1 N–H and O–H groups in total. The van der Waals surface area contributed by atoms with Gasteiger partial charge in [0.25, 0.3) is 0 Å². The van der Waals surface area contributed by atoms with E-state index in [-0.39, 0.29) is 5.71 Å². The van der Waals surface area contributed by atoms with E-state index in [4.69, 9.17) is 0 Å². The molecule has 1 aliphatic heterocycles. The maximum absolute atomic E-state index is 12.5. The van der Waals surface area contributed by atoms with Crippen LogP contribution in [0.5, 0.6) is 0 Å². The Kier molecular flexibility index (Phi) is 3.14. The van der Waals surface area contributed by atoms with Gasteiger partial charge < -0.3 is 9.94 Å². The van der Waals surface area contributed by atoms with Crippen LogP contribution in [0.3, 0.4) is 0 Å². The number of halogens is 3. The van der Waals surface area contributed by atoms with Crippen molar-refractivity contribution >= 4 is 11.3 Å². The fourth-order valence-electron chi connectivity index (χ4n) is 1.68. The Hall–Kier alpha value is -1.82. The molecule has 0 saturated carbocycles. The van der Waals surface area contributed by atoms with Gasteiger partial charge in [0.15, 0.2) is 0 Å². The molecule has 0 aliphatic carbocycles. The molecule has 3 nitrogen and oxygen atoms in total. The molecule has 0 bridgehead atoms. The summed E-state index contributed by atoms with van der Waals surface area (Å²) in [6.45, 7) is 5.59. The van der Waals surface area contributed by atoms with Crippen LogP contribution in [0.25, 0.3) is 5.57 Å². The molecule has 1 aliphatic rings. The van der Waals surface area contributed by atoms with Gasteiger partial charge >= 0.3 is 12.0 Å². The van der Waals surface area contributed by atoms with Crippen molar-refractivity contribution in [1.29, 1.82) is 0 Å². The third-order valence-corrected chi connectivity index (χ3v) is 2.87. The van der Waals surface area contributed by atoms with Crippen molar-refractivity contribution in [2.75, 3.05) is 0 Å². The highest BCUT2D eigenvalue weighted by molar-refractivity contribution is 6.01. The molecule has 0 amide bonds. The van der Waals surface area contributed by atoms with Crippen LogP contribution in [0.2, 0.25) is 0 Å². The van der Waals surface area contributed by atoms with Crippen molar-refractivity contribution in [2.24, 2.45) is 5.16 Å². The number of rotatable bonds is 2. The highest BCUT2D eigenvalue weighted by atomic mass is 19.4. The van der Waals surface area contributed by atoms with Gasteiger partial charge in [-0.3, -0.25) is 0 Å². The van der Waals surface area contributed by atoms with E-state index < -0.39 is 18.4 Å². The van der Waals surface area contributed by atoms with Gasteiger partial charge in [0, 0.05) is 0 Å². The van der Waals surface area contributed by atoms with Crippen LogP contribution in [0, 0.1) is 0 Å². The van der Waals surface area contributed by atoms with Gasteiger partial charge in [-0.1, -0.05) is 41.6 Å². The maximum atomic E-state index is 12.5. The lowest BCUT2D eigenvalue weighted by Gasteiger charge is -2.22. The molecular weight excluding hydrogens is 259 g/mol. The van der Waals surface area contributed by atoms with E-state index in [1.165, 1.54) is 0 Å². The molecule has 0 spiro atoms. The van der Waals surface area contributed by atoms with Gasteiger partial charge in [-0.25, -0.2) is 0 Å². The van der Waals surface area contributed by atoms with E-state index >= 15 is 0 Å². The molecular formula is C13H12F3NO2. The van der Waals surface area contributed by atoms with Gasteiger partial charge in [-0.2, -0.15) is 13.2 Å². The smallest absolute Gasteiger partial charge is 0.350 e. The van der Waals surface area contributed by atoms with Gasteiger partial charge in [0.1, 0.15) is 0 Å². The lowest BCUT2D eigenvalue weighted by atomic mass is 10.00. The quantitative estimate of drug-likeness (QED) is 0.898. The van der Waals surface area contributed by atoms with Crippen molar-refractivity contribution in [3.05, 3.63) is 42.0 Å². The SMILES string of the molecule is C=C(C)c1ccc(C2=NOC(O)(C(F)(F)F)C2)cc1. The van der Waals surface area contributed by atoms with Crippen LogP contribution in [0.15, 0.2) is 36.0 Å². The summed E-state index contributed by atoms with van der Waals surface area (Å²) in [5, 5.41) is 12.7. The van der Waals surface area contributed by atoms with E-state index in [0.29, 0.717) is 5.56 Å². The van der Waals surface area contributed by atoms with Crippen molar-refractivity contribution < 1.29 is 23.1 Å². The third kappa shape index (κ3) is 2.49. The molecule has 1 heterocycles. The zero-order chi connectivity index (χ0) is 14.3. The maximum Gasteiger partial charge on any atom is 0.458 e. The van der Waals surface area contributed by atoms with Crippen LogP contribution in [0.4, 0.5) is 13.2 Å². The van der Waals surface area contributed by atoms with Crippen LogP contribution in [-0.4, -0.2) is 22.8 Å². The summed E-state index contributed by atoms with van der Waals surface area (Å²) in [5.74, 6) is -3.23. The first-order chi connectivity index (χ1) is 8.73. The van der Waals surface area contributed by atoms with E-state index in [1.54, 1.807) is 24.3 Å². The van der Waals surface area contributed by atoms with E-state index in [0.717, 1.165) is 11.1 Å². The number of hydrogen-bond donors (Lipinski definition) is 1. The number of hydrogen-bond acceptors (Lipinski definition) is 3. The van der Waals surface area contributed by atoms with Crippen molar-refractivity contribution in [1.82, 2.24) is 0 Å². The van der Waals surface area contributed by atoms with Crippen molar-refractivity contribution in [3.8, 4) is 0 Å². The summed E-state index contributed by atoms with van der Waals surface area (Å²) in [4.78, 5) is 4.15. The van der Waals surface area contributed by atoms with Gasteiger partial charge in [0.05, 0.1) is 12.1 Å². The number of nitrogens with zero attached hydrogens (tertiary/aromatic N) is 1. The number of benzene rings is 1. The Morgan fingerprint density at radius 1 is 1.37 bits per heavy atom. The summed E-state index contributed by atoms with van der Waals surface area (Å²) in [5.41, 5.74) is 2.27. The molecule has 1 aromatic carbocycles. The molecule has 0 aromatic heterocycles. The Bertz CT molecular complexity index is 534. The lowest BCUT2D eigenvalue weighted by molar-refractivity contribution is -0.355. The van der Waals surface area contributed by atoms with Crippen LogP contribution < -0.4 is 0 Å². The average Bonchev–Trinajstić information content (AvgIpc) is 2.73. The number of alkyl halides is 3. The largest absolute Gasteiger partial charge is 0.458 e. The lowest BCUT2D eigenvalue weighted by Crippen LogP contribution is -2.45. The first-order valence-corrected chi connectivity index (χ1v) is 5.53. The van der Waals surface area contributed by atoms with Gasteiger partial charge in [-0.05, 0) is 18.1 Å². The zero-order valence-corrected chi connectivity index (χ0v) is 10.2. The molecule has 0 radical (unpaired) electrons. The van der Waals surface area contributed by atoms with E-state index in [1.807, 2.05) is 6.92 Å². The van der Waals surface area contributed by atoms with Gasteiger partial charge in [0.2, 0.25) is 0 Å². The Morgan fingerprint density at radius 3 is 2.37 bits per heavy atom. The topological polar surface area (TPSA) is 41.8 Å². The van der Waals surface area contributed by atoms with Crippen LogP contribution >= 0.6 is 0 Å². The molecule has 1 unspecified atom stereocenters. The minimum Gasteiger partial charge on any atom is -0.350 e. The Morgan fingerprint density at radius 2 is 1.95 bits per heavy atom. The summed E-state index contributed by atoms with van der Waals surface area (Å²) >= 11 is 0. The summed E-state index contributed by atoms with van der Waals surface area (Å²) in [6, 6.07) is 6.69. The molecule has 6 heteroatoms. The molecule has 1 aromatic rings. The van der Waals surface area contributed by atoms with Gasteiger partial charge in [-0.15, -0.1) is 0 Å². The zero-order valence-electron chi connectivity index (χ0n) is 10.2. The van der Waals surface area contributed by atoms with Crippen LogP contribution in [0.1, 0.15) is 24.5 Å². The molecule has 19 heavy (non-hydrogen) atoms. The predicted molar refractivity (Wildman–Crippen MR) is 64.4 cm³/mol. The summed E-state index contributed by atoms with van der Waals surface area (Å²) < 4.78 is 37.6. The molecule has 102 valence electrons. The molecule has 2 rings (SSSR count). The average molecular weight is 271 g/mol. The highest BCUT2D eigenvalue weighted by Crippen LogP contribution is 2.38. The minimum atomic E-state index is -4.88. The second-order valence-corrected chi connectivity index (χ2v) is 4.45. The van der Waals surface area contributed by atoms with E-state index in [9.17, 15) is 18.3 Å². The van der Waals surface area contributed by atoms with E-state index in [2.05, 4.69) is 16.6 Å². The normalized spacial score (nSPS) is 22.9. The number of allylic oxidation sites excluding steroid dienone is 1. The molecule has 1 atom stereocenters. The summed E-state index contributed by atoms with van der Waals surface area (Å²) in [6.07, 6.45) is -5.60. The predicted octanol–water partition coefficient (Wildman–Crippen LogP) is 3.10. The first kappa shape index (κ1) is 13.6. The second-order valence-electron chi connectivity index (χ2n) is 4.45. The second kappa shape index (κ2) is 4.38. The highest BCUT2D eigenvalue weighted by Gasteiger charge is 2.60. The fourth-order valence-corrected chi connectivity index (χ4v) is 1.68. The van der Waals surface area contributed by atoms with Crippen LogP contribution in [-0.2, 0) is 4.84 Å². The minimum absolute atomic E-state index is 0.0630. The third-order valence-electron chi connectivity index (χ3n) is 2.87. The fraction of sp³-hybridized carbons (Fsp3) is 0.308. The molecule has 0 fully saturated rings. The number of oxime groups is 1. The first-order valence-electron chi connectivity index (χ1n) is 5.53. The Balaban J connectivity index is 2.19. The monoisotopic (exact) mass is 271 g/mol. The number of aliphatic hydroxyl groups is 1. The van der Waals surface area contributed by atoms with Crippen molar-refractivity contribution in [3.63, 3.8) is 0 Å². The Labute approximate surface area is 108 Å². The van der Waals surface area contributed by atoms with Crippen molar-refractivity contribution in [2.45, 2.75) is 25.3 Å². The molecule has 0 saturated heterocycles. The standard InChI is InChI=1S/C13H12F3NO2/c1-8(2)9-3-5-10(6-4-9)11-7-12(18,19-17-11)13(14,15)16/h3-6,18H,1,7H2,2H3.